The smallest absolute Gasteiger partial charge is 0.362 e. The van der Waals surface area contributed by atoms with Crippen LogP contribution in [0.3, 0.4) is 0 Å². The maximum absolute atomic E-state index is 12.8. The molecule has 0 saturated heterocycles. The van der Waals surface area contributed by atoms with Crippen LogP contribution in [0.15, 0.2) is 85.1 Å². The van der Waals surface area contributed by atoms with E-state index < -0.39 is 18.1 Å². The summed E-state index contributed by atoms with van der Waals surface area (Å²) in [5, 5.41) is 9.66. The third-order valence-corrected chi connectivity index (χ3v) is 11.6. The van der Waals surface area contributed by atoms with Crippen LogP contribution in [0, 0.1) is 0 Å². The van der Waals surface area contributed by atoms with Crippen LogP contribution >= 0.6 is 0 Å². The van der Waals surface area contributed by atoms with Gasteiger partial charge in [0, 0.05) is 19.3 Å². The highest BCUT2D eigenvalue weighted by Crippen LogP contribution is 2.16. The quantitative estimate of drug-likeness (QED) is 0.0281. The molecule has 0 aromatic rings. The first-order chi connectivity index (χ1) is 32.1. The number of unbranched alkanes of at least 4 members (excludes halogenated alkanes) is 19. The largest absolute Gasteiger partial charge is 0.477 e. The number of carbonyl (C=O) groups is 3. The van der Waals surface area contributed by atoms with Gasteiger partial charge in [-0.05, 0) is 64.2 Å². The fourth-order valence-corrected chi connectivity index (χ4v) is 7.49. The van der Waals surface area contributed by atoms with Crippen LogP contribution in [0.1, 0.15) is 213 Å². The van der Waals surface area contributed by atoms with Crippen molar-refractivity contribution in [3.8, 4) is 0 Å². The van der Waals surface area contributed by atoms with Gasteiger partial charge in [-0.25, -0.2) is 4.79 Å². The standard InChI is InChI=1S/C58H99NO7/c1-6-8-10-12-14-16-18-20-22-24-26-27-28-29-31-33-35-37-39-41-43-45-47-49-57(61)66-54(52-64-51-50-55(58(62)63)59(3,4)5)53-65-56(60)48-46-44-42-40-38-36-34-32-30-25-23-21-19-17-15-13-11-9-7-2/h8,10,14,16,20,22,26-27,29,31,35,37,41,43,54-55H,6-7,9,11-13,15,17-19,21,23-25,28,30,32-34,36,38-40,42,44-53H2,1-5H3/p+1/b10-8+,16-14+,22-20+,27-26+,31-29+,37-35+,43-41+. The van der Waals surface area contributed by atoms with Gasteiger partial charge in [0.2, 0.25) is 0 Å². The first-order valence-corrected chi connectivity index (χ1v) is 26.6. The normalized spacial score (nSPS) is 13.5. The van der Waals surface area contributed by atoms with E-state index >= 15 is 0 Å². The van der Waals surface area contributed by atoms with Crippen molar-refractivity contribution in [2.75, 3.05) is 41.0 Å². The summed E-state index contributed by atoms with van der Waals surface area (Å²) in [6.07, 6.45) is 63.6. The average Bonchev–Trinajstić information content (AvgIpc) is 3.28. The number of likely N-dealkylation sites (N-methyl/N-ethyl adjacent to an activating group) is 1. The highest BCUT2D eigenvalue weighted by Gasteiger charge is 2.31. The van der Waals surface area contributed by atoms with E-state index in [-0.39, 0.29) is 42.7 Å². The topological polar surface area (TPSA) is 99.1 Å². The molecule has 2 atom stereocenters. The average molecular weight is 923 g/mol. The van der Waals surface area contributed by atoms with Crippen LogP contribution in [0.25, 0.3) is 0 Å². The molecule has 0 rings (SSSR count). The number of carbonyl (C=O) groups excluding carboxylic acids is 2. The van der Waals surface area contributed by atoms with Crippen molar-refractivity contribution in [1.29, 1.82) is 0 Å². The van der Waals surface area contributed by atoms with E-state index in [9.17, 15) is 19.5 Å². The van der Waals surface area contributed by atoms with E-state index in [4.69, 9.17) is 14.2 Å². The molecule has 378 valence electrons. The molecule has 8 heteroatoms. The van der Waals surface area contributed by atoms with Gasteiger partial charge in [0.05, 0.1) is 34.4 Å². The number of allylic oxidation sites excluding steroid dienone is 14. The van der Waals surface area contributed by atoms with Crippen LogP contribution in [0.4, 0.5) is 0 Å². The van der Waals surface area contributed by atoms with Gasteiger partial charge in [0.1, 0.15) is 6.61 Å². The zero-order valence-electron chi connectivity index (χ0n) is 43.1. The van der Waals surface area contributed by atoms with Gasteiger partial charge < -0.3 is 23.8 Å². The van der Waals surface area contributed by atoms with Gasteiger partial charge in [-0.2, -0.15) is 0 Å². The van der Waals surface area contributed by atoms with E-state index in [0.717, 1.165) is 70.6 Å². The molecular weight excluding hydrogens is 823 g/mol. The Hall–Kier alpha value is -3.49. The molecule has 0 aromatic carbocycles. The fourth-order valence-electron chi connectivity index (χ4n) is 7.49. The first-order valence-electron chi connectivity index (χ1n) is 26.6. The van der Waals surface area contributed by atoms with Crippen molar-refractivity contribution in [1.82, 2.24) is 0 Å². The Bertz CT molecular complexity index is 1350. The zero-order valence-corrected chi connectivity index (χ0v) is 43.1. The lowest BCUT2D eigenvalue weighted by Gasteiger charge is -2.31. The molecule has 0 radical (unpaired) electrons. The molecule has 0 heterocycles. The lowest BCUT2D eigenvalue weighted by Crippen LogP contribution is -2.50. The summed E-state index contributed by atoms with van der Waals surface area (Å²) in [4.78, 5) is 37.2. The molecule has 8 nitrogen and oxygen atoms in total. The SMILES string of the molecule is CC/C=C/C/C=C/C/C=C/C/C=C/C/C=C/C/C=C/C/C=C/CCCC(=O)OC(COCCC(C(=O)O)[N+](C)(C)C)COC(=O)CCCCCCCCCCCCCCCCCCCCC. The van der Waals surface area contributed by atoms with E-state index in [1.165, 1.54) is 103 Å². The van der Waals surface area contributed by atoms with Crippen LogP contribution < -0.4 is 0 Å². The molecule has 0 bridgehead atoms. The molecule has 0 aromatic heterocycles. The van der Waals surface area contributed by atoms with E-state index in [1.807, 2.05) is 21.1 Å². The van der Waals surface area contributed by atoms with Gasteiger partial charge in [-0.3, -0.25) is 9.59 Å². The summed E-state index contributed by atoms with van der Waals surface area (Å²) in [6, 6.07) is -0.629. The summed E-state index contributed by atoms with van der Waals surface area (Å²) in [5.74, 6) is -1.54. The third kappa shape index (κ3) is 45.7. The molecule has 0 amide bonds. The third-order valence-electron chi connectivity index (χ3n) is 11.6. The molecule has 0 aliphatic heterocycles. The lowest BCUT2D eigenvalue weighted by atomic mass is 10.0. The van der Waals surface area contributed by atoms with Gasteiger partial charge in [-0.15, -0.1) is 0 Å². The maximum atomic E-state index is 12.8. The number of carboxylic acid groups (broad SMARTS) is 1. The first kappa shape index (κ1) is 62.5. The predicted octanol–water partition coefficient (Wildman–Crippen LogP) is 15.6. The molecule has 1 N–H and O–H groups in total. The van der Waals surface area contributed by atoms with Crippen molar-refractivity contribution >= 4 is 17.9 Å². The Morgan fingerprint density at radius 1 is 0.470 bits per heavy atom. The molecule has 2 unspecified atom stereocenters. The Balaban J connectivity index is 4.34. The van der Waals surface area contributed by atoms with Gasteiger partial charge in [0.25, 0.3) is 0 Å². The monoisotopic (exact) mass is 923 g/mol. The Labute approximate surface area is 405 Å². The number of hydrogen-bond acceptors (Lipinski definition) is 6. The van der Waals surface area contributed by atoms with Crippen LogP contribution in [-0.2, 0) is 28.6 Å². The molecular formula is C58H100NO7+. The number of ether oxygens (including phenoxy) is 3. The molecule has 0 spiro atoms. The number of quaternary nitrogens is 1. The summed E-state index contributed by atoms with van der Waals surface area (Å²) in [5.41, 5.74) is 0. The number of nitrogens with zero attached hydrogens (tertiary/aromatic N) is 1. The Kier molecular flexibility index (Phi) is 45.4. The minimum atomic E-state index is -0.885. The second kappa shape index (κ2) is 48.0. The number of esters is 2. The number of rotatable bonds is 47. The number of hydrogen-bond donors (Lipinski definition) is 1. The van der Waals surface area contributed by atoms with Gasteiger partial charge >= 0.3 is 17.9 Å². The summed E-state index contributed by atoms with van der Waals surface area (Å²) < 4.78 is 17.3. The molecule has 0 saturated carbocycles. The van der Waals surface area contributed by atoms with Crippen LogP contribution in [0.5, 0.6) is 0 Å². The second-order valence-electron chi connectivity index (χ2n) is 18.8. The highest BCUT2D eigenvalue weighted by molar-refractivity contribution is 5.72. The Morgan fingerprint density at radius 2 is 0.848 bits per heavy atom. The minimum absolute atomic E-state index is 0.0353. The van der Waals surface area contributed by atoms with E-state index in [0.29, 0.717) is 19.3 Å². The van der Waals surface area contributed by atoms with Crippen LogP contribution in [-0.4, -0.2) is 80.6 Å². The summed E-state index contributed by atoms with van der Waals surface area (Å²) in [7, 11) is 5.51. The van der Waals surface area contributed by atoms with Crippen molar-refractivity contribution in [3.63, 3.8) is 0 Å². The van der Waals surface area contributed by atoms with E-state index in [1.54, 1.807) is 0 Å². The predicted molar refractivity (Wildman–Crippen MR) is 280 cm³/mol. The van der Waals surface area contributed by atoms with Crippen molar-refractivity contribution < 1.29 is 38.2 Å². The van der Waals surface area contributed by atoms with Crippen LogP contribution in [0.2, 0.25) is 0 Å². The number of aliphatic carboxylic acids is 1. The van der Waals surface area contributed by atoms with Crippen molar-refractivity contribution in [3.05, 3.63) is 85.1 Å². The van der Waals surface area contributed by atoms with Crippen molar-refractivity contribution in [2.45, 2.75) is 225 Å². The highest BCUT2D eigenvalue weighted by atomic mass is 16.6. The van der Waals surface area contributed by atoms with Gasteiger partial charge in [0.15, 0.2) is 12.1 Å². The summed E-state index contributed by atoms with van der Waals surface area (Å²) in [6.45, 7) is 4.58. The Morgan fingerprint density at radius 3 is 1.24 bits per heavy atom. The summed E-state index contributed by atoms with van der Waals surface area (Å²) >= 11 is 0. The van der Waals surface area contributed by atoms with Crippen molar-refractivity contribution in [2.24, 2.45) is 0 Å². The minimum Gasteiger partial charge on any atom is -0.477 e. The molecule has 0 aliphatic carbocycles. The lowest BCUT2D eigenvalue weighted by molar-refractivity contribution is -0.887. The number of carboxylic acids is 1. The molecule has 66 heavy (non-hydrogen) atoms. The van der Waals surface area contributed by atoms with E-state index in [2.05, 4.69) is 98.9 Å². The maximum Gasteiger partial charge on any atom is 0.362 e. The molecule has 0 fully saturated rings. The van der Waals surface area contributed by atoms with Gasteiger partial charge in [-0.1, -0.05) is 214 Å². The second-order valence-corrected chi connectivity index (χ2v) is 18.8. The zero-order chi connectivity index (χ0) is 48.4. The molecule has 0 aliphatic rings. The fraction of sp³-hybridized carbons (Fsp3) is 0.707.